The second-order valence-corrected chi connectivity index (χ2v) is 6.98. The highest BCUT2D eigenvalue weighted by Gasteiger charge is 2.21. The third-order valence-electron chi connectivity index (χ3n) is 3.97. The molecule has 1 saturated heterocycles. The number of nitro groups is 1. The molecule has 1 fully saturated rings. The average Bonchev–Trinajstić information content (AvgIpc) is 3.20. The van der Waals surface area contributed by atoms with Crippen LogP contribution < -0.4 is 5.69 Å². The fraction of sp³-hybridized carbons (Fsp3) is 0.467. The molecule has 0 amide bonds. The van der Waals surface area contributed by atoms with Gasteiger partial charge in [-0.25, -0.2) is 9.89 Å². The average molecular weight is 350 g/mol. The number of aromatic amines is 1. The molecule has 8 nitrogen and oxygen atoms in total. The lowest BCUT2D eigenvalue weighted by Crippen LogP contribution is -2.25. The summed E-state index contributed by atoms with van der Waals surface area (Å²) >= 11 is 1.39. The lowest BCUT2D eigenvalue weighted by Gasteiger charge is -2.14. The molecule has 0 spiro atoms. The van der Waals surface area contributed by atoms with Gasteiger partial charge in [0.15, 0.2) is 5.16 Å². The molecule has 24 heavy (non-hydrogen) atoms. The molecule has 0 radical (unpaired) electrons. The number of thioether (sulfide) groups is 1. The van der Waals surface area contributed by atoms with Gasteiger partial charge in [-0.3, -0.25) is 14.7 Å². The Kier molecular flexibility index (Phi) is 5.00. The number of aromatic nitrogens is 3. The number of benzene rings is 1. The number of rotatable bonds is 6. The molecule has 2 heterocycles. The zero-order valence-corrected chi connectivity index (χ0v) is 14.0. The Morgan fingerprint density at radius 3 is 3.12 bits per heavy atom. The normalized spacial score (nSPS) is 18.6. The summed E-state index contributed by atoms with van der Waals surface area (Å²) in [4.78, 5) is 22.5. The maximum atomic E-state index is 12.0. The highest BCUT2D eigenvalue weighted by Crippen LogP contribution is 2.34. The maximum Gasteiger partial charge on any atom is 0.344 e. The second kappa shape index (κ2) is 7.18. The van der Waals surface area contributed by atoms with Crippen molar-refractivity contribution < 1.29 is 9.66 Å². The highest BCUT2D eigenvalue weighted by atomic mass is 32.2. The van der Waals surface area contributed by atoms with Gasteiger partial charge in [-0.1, -0.05) is 23.9 Å². The Hall–Kier alpha value is -2.13. The smallest absolute Gasteiger partial charge is 0.344 e. The monoisotopic (exact) mass is 350 g/mol. The van der Waals surface area contributed by atoms with E-state index < -0.39 is 4.92 Å². The van der Waals surface area contributed by atoms with Crippen molar-refractivity contribution in [3.05, 3.63) is 50.4 Å². The van der Waals surface area contributed by atoms with E-state index in [-0.39, 0.29) is 22.7 Å². The predicted octanol–water partition coefficient (Wildman–Crippen LogP) is 2.51. The summed E-state index contributed by atoms with van der Waals surface area (Å²) in [5.41, 5.74) is 0.603. The minimum atomic E-state index is -0.414. The van der Waals surface area contributed by atoms with Crippen LogP contribution in [0.2, 0.25) is 0 Å². The minimum absolute atomic E-state index is 0.0350. The van der Waals surface area contributed by atoms with E-state index in [4.69, 9.17) is 4.74 Å². The van der Waals surface area contributed by atoms with Crippen molar-refractivity contribution in [1.82, 2.24) is 14.8 Å². The topological polar surface area (TPSA) is 103 Å². The largest absolute Gasteiger partial charge is 0.376 e. The molecule has 2 aromatic rings. The first-order valence-corrected chi connectivity index (χ1v) is 8.60. The summed E-state index contributed by atoms with van der Waals surface area (Å²) in [6.07, 6.45) is 1.97. The van der Waals surface area contributed by atoms with Crippen molar-refractivity contribution in [2.45, 2.75) is 42.8 Å². The van der Waals surface area contributed by atoms with Gasteiger partial charge in [0.25, 0.3) is 5.69 Å². The van der Waals surface area contributed by atoms with Crippen LogP contribution in [0, 0.1) is 10.1 Å². The first-order chi connectivity index (χ1) is 11.5. The molecule has 128 valence electrons. The van der Waals surface area contributed by atoms with E-state index in [0.717, 1.165) is 25.0 Å². The van der Waals surface area contributed by atoms with Gasteiger partial charge >= 0.3 is 5.69 Å². The van der Waals surface area contributed by atoms with E-state index in [9.17, 15) is 14.9 Å². The summed E-state index contributed by atoms with van der Waals surface area (Å²) in [5, 5.41) is 17.9. The van der Waals surface area contributed by atoms with Crippen LogP contribution in [0.15, 0.2) is 34.2 Å². The number of nitro benzene ring substituents is 1. The molecule has 1 aliphatic heterocycles. The number of H-pyrrole nitrogens is 1. The molecule has 1 aromatic carbocycles. The van der Waals surface area contributed by atoms with E-state index in [1.807, 2.05) is 13.0 Å². The molecule has 9 heteroatoms. The predicted molar refractivity (Wildman–Crippen MR) is 89.2 cm³/mol. The summed E-state index contributed by atoms with van der Waals surface area (Å²) in [7, 11) is 0. The molecule has 1 aromatic heterocycles. The van der Waals surface area contributed by atoms with Crippen LogP contribution in [0.5, 0.6) is 0 Å². The summed E-state index contributed by atoms with van der Waals surface area (Å²) in [6, 6.07) is 6.50. The molecule has 2 atom stereocenters. The zero-order valence-electron chi connectivity index (χ0n) is 13.2. The van der Waals surface area contributed by atoms with Crippen LogP contribution in [0.25, 0.3) is 0 Å². The molecular weight excluding hydrogens is 332 g/mol. The van der Waals surface area contributed by atoms with Gasteiger partial charge in [0.1, 0.15) is 0 Å². The van der Waals surface area contributed by atoms with Crippen LogP contribution in [0.4, 0.5) is 5.69 Å². The van der Waals surface area contributed by atoms with Crippen molar-refractivity contribution in [3.8, 4) is 0 Å². The third-order valence-corrected chi connectivity index (χ3v) is 5.11. The summed E-state index contributed by atoms with van der Waals surface area (Å²) in [6.45, 7) is 3.13. The Bertz CT molecular complexity index is 782. The first-order valence-electron chi connectivity index (χ1n) is 7.72. The molecule has 0 aliphatic carbocycles. The fourth-order valence-electron chi connectivity index (χ4n) is 2.66. The van der Waals surface area contributed by atoms with Crippen LogP contribution in [-0.4, -0.2) is 32.4 Å². The van der Waals surface area contributed by atoms with Gasteiger partial charge in [0, 0.05) is 24.0 Å². The Balaban J connectivity index is 1.77. The highest BCUT2D eigenvalue weighted by molar-refractivity contribution is 7.99. The molecule has 0 saturated carbocycles. The van der Waals surface area contributed by atoms with Gasteiger partial charge in [-0.05, 0) is 25.3 Å². The van der Waals surface area contributed by atoms with Crippen molar-refractivity contribution in [2.75, 3.05) is 6.61 Å². The SMILES string of the molecule is C[C@@H](Sc1n[nH]c(=O)n1C[C@H]1CCCO1)c1cccc([N+](=O)[O-])c1. The molecular formula is C15H18N4O4S. The Morgan fingerprint density at radius 1 is 1.58 bits per heavy atom. The maximum absolute atomic E-state index is 12.0. The number of hydrogen-bond acceptors (Lipinski definition) is 6. The second-order valence-electron chi connectivity index (χ2n) is 5.67. The van der Waals surface area contributed by atoms with Gasteiger partial charge in [-0.15, -0.1) is 5.10 Å². The number of nitrogens with one attached hydrogen (secondary N) is 1. The zero-order chi connectivity index (χ0) is 17.1. The quantitative estimate of drug-likeness (QED) is 0.488. The van der Waals surface area contributed by atoms with Crippen molar-refractivity contribution in [3.63, 3.8) is 0 Å². The van der Waals surface area contributed by atoms with Gasteiger partial charge in [0.05, 0.1) is 17.6 Å². The van der Waals surface area contributed by atoms with Gasteiger partial charge in [-0.2, -0.15) is 0 Å². The summed E-state index contributed by atoms with van der Waals surface area (Å²) < 4.78 is 7.16. The molecule has 1 N–H and O–H groups in total. The van der Waals surface area contributed by atoms with Gasteiger partial charge < -0.3 is 4.74 Å². The van der Waals surface area contributed by atoms with Crippen molar-refractivity contribution in [1.29, 1.82) is 0 Å². The van der Waals surface area contributed by atoms with E-state index in [0.29, 0.717) is 11.7 Å². The van der Waals surface area contributed by atoms with Crippen molar-refractivity contribution >= 4 is 17.4 Å². The third kappa shape index (κ3) is 3.68. The van der Waals surface area contributed by atoms with Crippen LogP contribution in [0.3, 0.4) is 0 Å². The molecule has 1 aliphatic rings. The van der Waals surface area contributed by atoms with E-state index in [1.54, 1.807) is 16.7 Å². The summed E-state index contributed by atoms with van der Waals surface area (Å²) in [5.74, 6) is 0. The number of nitrogens with zero attached hydrogens (tertiary/aromatic N) is 3. The van der Waals surface area contributed by atoms with Gasteiger partial charge in [0.2, 0.25) is 0 Å². The number of non-ortho nitro benzene ring substituents is 1. The first kappa shape index (κ1) is 16.7. The lowest BCUT2D eigenvalue weighted by molar-refractivity contribution is -0.384. The van der Waals surface area contributed by atoms with E-state index in [1.165, 1.54) is 17.8 Å². The Labute approximate surface area is 142 Å². The standard InChI is InChI=1S/C15H18N4O4S/c1-10(11-4-2-5-12(8-11)19(21)22)24-15-17-16-14(20)18(15)9-13-6-3-7-23-13/h2,4-5,8,10,13H,3,6-7,9H2,1H3,(H,16,20)/t10-,13-/m1/s1. The molecule has 0 unspecified atom stereocenters. The molecule has 3 rings (SSSR count). The number of hydrogen-bond donors (Lipinski definition) is 1. The minimum Gasteiger partial charge on any atom is -0.376 e. The Morgan fingerprint density at radius 2 is 2.42 bits per heavy atom. The lowest BCUT2D eigenvalue weighted by atomic mass is 10.1. The van der Waals surface area contributed by atoms with Crippen molar-refractivity contribution in [2.24, 2.45) is 0 Å². The van der Waals surface area contributed by atoms with Crippen LogP contribution in [-0.2, 0) is 11.3 Å². The van der Waals surface area contributed by atoms with Crippen LogP contribution in [0.1, 0.15) is 30.6 Å². The van der Waals surface area contributed by atoms with E-state index in [2.05, 4.69) is 10.2 Å². The fourth-order valence-corrected chi connectivity index (χ4v) is 3.65. The van der Waals surface area contributed by atoms with Crippen LogP contribution >= 0.6 is 11.8 Å². The number of ether oxygens (including phenoxy) is 1. The molecule has 0 bridgehead atoms. The van der Waals surface area contributed by atoms with E-state index >= 15 is 0 Å².